The molecule has 0 spiro atoms. The number of hydrogen-bond donors (Lipinski definition) is 1. The summed E-state index contributed by atoms with van der Waals surface area (Å²) in [7, 11) is 0. The number of pyridine rings is 1. The third kappa shape index (κ3) is 4.57. The van der Waals surface area contributed by atoms with Crippen LogP contribution in [0.5, 0.6) is 0 Å². The third-order valence-corrected chi connectivity index (χ3v) is 4.61. The van der Waals surface area contributed by atoms with Gasteiger partial charge in [-0.2, -0.15) is 0 Å². The number of rotatable bonds is 4. The van der Waals surface area contributed by atoms with Gasteiger partial charge in [-0.05, 0) is 24.1 Å². The zero-order chi connectivity index (χ0) is 17.0. The predicted octanol–water partition coefficient (Wildman–Crippen LogP) is 2.02. The van der Waals surface area contributed by atoms with E-state index in [2.05, 4.69) is 16.0 Å². The number of nitrogens with two attached hydrogens (primary N) is 1. The fraction of sp³-hybridized carbons (Fsp3) is 0.368. The summed E-state index contributed by atoms with van der Waals surface area (Å²) in [4.78, 5) is 21.2. The molecule has 5 nitrogen and oxygen atoms in total. The van der Waals surface area contributed by atoms with E-state index in [0.29, 0.717) is 13.1 Å². The van der Waals surface area contributed by atoms with Crippen LogP contribution < -0.4 is 5.73 Å². The number of amides is 1. The summed E-state index contributed by atoms with van der Waals surface area (Å²) in [5.41, 5.74) is 7.43. The molecular weight excluding hydrogens is 336 g/mol. The molecule has 0 saturated carbocycles. The van der Waals surface area contributed by atoms with E-state index in [0.717, 1.165) is 25.2 Å². The highest BCUT2D eigenvalue weighted by Gasteiger charge is 2.35. The first-order valence-electron chi connectivity index (χ1n) is 8.32. The standard InChI is InChI=1S/C19H24N4O.ClH/c1-19(20,17-7-3-2-4-8-17)18(24)23-12-10-22(11-13-23)15-16-6-5-9-21-14-16;/h2-9,14H,10-13,15,20H2,1H3;1H. The van der Waals surface area contributed by atoms with Gasteiger partial charge in [0.05, 0.1) is 0 Å². The van der Waals surface area contributed by atoms with Gasteiger partial charge in [0.1, 0.15) is 5.54 Å². The highest BCUT2D eigenvalue weighted by molar-refractivity contribution is 5.87. The minimum atomic E-state index is -0.979. The van der Waals surface area contributed by atoms with Crippen LogP contribution in [0, 0.1) is 0 Å². The second-order valence-corrected chi connectivity index (χ2v) is 6.50. The zero-order valence-electron chi connectivity index (χ0n) is 14.5. The summed E-state index contributed by atoms with van der Waals surface area (Å²) in [5.74, 6) is -0.00488. The van der Waals surface area contributed by atoms with Crippen molar-refractivity contribution >= 4 is 18.3 Å². The van der Waals surface area contributed by atoms with Gasteiger partial charge in [0.25, 0.3) is 0 Å². The molecule has 1 amide bonds. The van der Waals surface area contributed by atoms with E-state index in [1.165, 1.54) is 5.56 Å². The minimum Gasteiger partial charge on any atom is -0.338 e. The number of hydrogen-bond acceptors (Lipinski definition) is 4. The Kier molecular flexibility index (Phi) is 6.53. The lowest BCUT2D eigenvalue weighted by Gasteiger charge is -2.38. The van der Waals surface area contributed by atoms with Crippen molar-refractivity contribution in [1.29, 1.82) is 0 Å². The van der Waals surface area contributed by atoms with Gasteiger partial charge in [-0.3, -0.25) is 14.7 Å². The molecule has 1 aliphatic rings. The molecular formula is C19H25ClN4O. The normalized spacial score (nSPS) is 17.4. The molecule has 134 valence electrons. The fourth-order valence-corrected chi connectivity index (χ4v) is 3.10. The maximum atomic E-state index is 12.9. The first-order chi connectivity index (χ1) is 11.6. The highest BCUT2D eigenvalue weighted by Crippen LogP contribution is 2.21. The van der Waals surface area contributed by atoms with Crippen LogP contribution in [0.2, 0.25) is 0 Å². The predicted molar refractivity (Wildman–Crippen MR) is 101 cm³/mol. The Bertz CT molecular complexity index is 670. The number of nitrogens with zero attached hydrogens (tertiary/aromatic N) is 3. The van der Waals surface area contributed by atoms with E-state index >= 15 is 0 Å². The molecule has 1 unspecified atom stereocenters. The summed E-state index contributed by atoms with van der Waals surface area (Å²) >= 11 is 0. The lowest BCUT2D eigenvalue weighted by Crippen LogP contribution is -2.56. The van der Waals surface area contributed by atoms with Crippen molar-refractivity contribution in [1.82, 2.24) is 14.8 Å². The van der Waals surface area contributed by atoms with Crippen molar-refractivity contribution in [3.63, 3.8) is 0 Å². The maximum Gasteiger partial charge on any atom is 0.247 e. The minimum absolute atomic E-state index is 0. The van der Waals surface area contributed by atoms with Crippen LogP contribution in [0.3, 0.4) is 0 Å². The van der Waals surface area contributed by atoms with Crippen LogP contribution in [0.4, 0.5) is 0 Å². The van der Waals surface area contributed by atoms with E-state index in [-0.39, 0.29) is 18.3 Å². The van der Waals surface area contributed by atoms with Crippen LogP contribution in [0.25, 0.3) is 0 Å². The number of aromatic nitrogens is 1. The summed E-state index contributed by atoms with van der Waals surface area (Å²) < 4.78 is 0. The monoisotopic (exact) mass is 360 g/mol. The van der Waals surface area contributed by atoms with Gasteiger partial charge in [-0.1, -0.05) is 36.4 Å². The summed E-state index contributed by atoms with van der Waals surface area (Å²) in [6.07, 6.45) is 3.68. The molecule has 0 radical (unpaired) electrons. The Morgan fingerprint density at radius 1 is 1.12 bits per heavy atom. The average molecular weight is 361 g/mol. The number of piperazine rings is 1. The SMILES string of the molecule is CC(N)(C(=O)N1CCN(Cc2cccnc2)CC1)c1ccccc1.Cl. The van der Waals surface area contributed by atoms with E-state index in [1.54, 1.807) is 13.1 Å². The Morgan fingerprint density at radius 3 is 2.40 bits per heavy atom. The molecule has 25 heavy (non-hydrogen) atoms. The van der Waals surface area contributed by atoms with Crippen LogP contribution >= 0.6 is 12.4 Å². The molecule has 1 saturated heterocycles. The summed E-state index contributed by atoms with van der Waals surface area (Å²) in [5, 5.41) is 0. The molecule has 1 aromatic carbocycles. The van der Waals surface area contributed by atoms with Crippen molar-refractivity contribution in [2.75, 3.05) is 26.2 Å². The van der Waals surface area contributed by atoms with Gasteiger partial charge in [0.15, 0.2) is 0 Å². The summed E-state index contributed by atoms with van der Waals surface area (Å²) in [6.45, 7) is 5.79. The lowest BCUT2D eigenvalue weighted by atomic mass is 9.91. The van der Waals surface area contributed by atoms with Crippen molar-refractivity contribution in [2.45, 2.75) is 19.0 Å². The third-order valence-electron chi connectivity index (χ3n) is 4.61. The van der Waals surface area contributed by atoms with Gasteiger partial charge in [0.2, 0.25) is 5.91 Å². The van der Waals surface area contributed by atoms with Crippen molar-refractivity contribution in [2.24, 2.45) is 5.73 Å². The second-order valence-electron chi connectivity index (χ2n) is 6.50. The molecule has 1 aromatic heterocycles. The van der Waals surface area contributed by atoms with E-state index in [4.69, 9.17) is 5.73 Å². The second kappa shape index (κ2) is 8.43. The average Bonchev–Trinajstić information content (AvgIpc) is 2.63. The first kappa shape index (κ1) is 19.4. The van der Waals surface area contributed by atoms with Gasteiger partial charge in [-0.15, -0.1) is 12.4 Å². The van der Waals surface area contributed by atoms with Gasteiger partial charge < -0.3 is 10.6 Å². The van der Waals surface area contributed by atoms with E-state index in [1.807, 2.05) is 47.5 Å². The van der Waals surface area contributed by atoms with Crippen molar-refractivity contribution in [3.05, 3.63) is 66.0 Å². The number of benzene rings is 1. The molecule has 1 aliphatic heterocycles. The number of halogens is 1. The molecule has 2 heterocycles. The smallest absolute Gasteiger partial charge is 0.247 e. The Morgan fingerprint density at radius 2 is 1.80 bits per heavy atom. The Labute approximate surface area is 155 Å². The quantitative estimate of drug-likeness (QED) is 0.906. The Hall–Kier alpha value is -1.95. The zero-order valence-corrected chi connectivity index (χ0v) is 15.3. The van der Waals surface area contributed by atoms with Crippen LogP contribution in [0.15, 0.2) is 54.9 Å². The fourth-order valence-electron chi connectivity index (χ4n) is 3.10. The van der Waals surface area contributed by atoms with Gasteiger partial charge in [-0.25, -0.2) is 0 Å². The summed E-state index contributed by atoms with van der Waals surface area (Å²) in [6, 6.07) is 13.6. The van der Waals surface area contributed by atoms with Gasteiger partial charge in [0, 0.05) is 45.1 Å². The van der Waals surface area contributed by atoms with Crippen LogP contribution in [0.1, 0.15) is 18.1 Å². The molecule has 3 rings (SSSR count). The molecule has 2 N–H and O–H groups in total. The van der Waals surface area contributed by atoms with Crippen molar-refractivity contribution in [3.8, 4) is 0 Å². The van der Waals surface area contributed by atoms with E-state index < -0.39 is 5.54 Å². The largest absolute Gasteiger partial charge is 0.338 e. The highest BCUT2D eigenvalue weighted by atomic mass is 35.5. The molecule has 6 heteroatoms. The van der Waals surface area contributed by atoms with Crippen LogP contribution in [-0.4, -0.2) is 46.9 Å². The number of carbonyl (C=O) groups is 1. The molecule has 2 aromatic rings. The number of carbonyl (C=O) groups excluding carboxylic acids is 1. The van der Waals surface area contributed by atoms with Crippen molar-refractivity contribution < 1.29 is 4.79 Å². The molecule has 0 bridgehead atoms. The molecule has 1 fully saturated rings. The molecule has 0 aliphatic carbocycles. The maximum absolute atomic E-state index is 12.9. The lowest BCUT2D eigenvalue weighted by molar-refractivity contribution is -0.138. The van der Waals surface area contributed by atoms with E-state index in [9.17, 15) is 4.79 Å². The van der Waals surface area contributed by atoms with Crippen LogP contribution in [-0.2, 0) is 16.9 Å². The molecule has 1 atom stereocenters. The first-order valence-corrected chi connectivity index (χ1v) is 8.32. The van der Waals surface area contributed by atoms with Gasteiger partial charge >= 0.3 is 0 Å². The topological polar surface area (TPSA) is 62.5 Å². The Balaban J connectivity index is 0.00000225.